The highest BCUT2D eigenvalue weighted by atomic mass is 16.3. The maximum atomic E-state index is 9.58. The molecule has 0 spiro atoms. The third-order valence-electron chi connectivity index (χ3n) is 5.10. The van der Waals surface area contributed by atoms with Gasteiger partial charge in [0.15, 0.2) is 0 Å². The highest BCUT2D eigenvalue weighted by molar-refractivity contribution is 5.27. The molecule has 2 bridgehead atoms. The van der Waals surface area contributed by atoms with Gasteiger partial charge in [-0.3, -0.25) is 0 Å². The normalized spacial score (nSPS) is 46.3. The minimum atomic E-state index is -0.207. The first-order valence-corrected chi connectivity index (χ1v) is 6.72. The Morgan fingerprint density at radius 3 is 3.00 bits per heavy atom. The smallest absolute Gasteiger partial charge is 0.0572 e. The summed E-state index contributed by atoms with van der Waals surface area (Å²) in [6.45, 7) is 4.03. The highest BCUT2D eigenvalue weighted by Gasteiger charge is 2.49. The second-order valence-corrected chi connectivity index (χ2v) is 6.05. The Bertz CT molecular complexity index is 339. The fourth-order valence-electron chi connectivity index (χ4n) is 4.05. The quantitative estimate of drug-likeness (QED) is 0.706. The van der Waals surface area contributed by atoms with Gasteiger partial charge in [-0.1, -0.05) is 30.7 Å². The number of hydrogen-bond donors (Lipinski definition) is 1. The van der Waals surface area contributed by atoms with E-state index in [-0.39, 0.29) is 6.10 Å². The van der Waals surface area contributed by atoms with Gasteiger partial charge in [0, 0.05) is 0 Å². The van der Waals surface area contributed by atoms with Crippen molar-refractivity contribution in [1.82, 2.24) is 0 Å². The molecule has 16 heavy (non-hydrogen) atoms. The van der Waals surface area contributed by atoms with Crippen molar-refractivity contribution in [2.24, 2.45) is 29.6 Å². The van der Waals surface area contributed by atoms with Crippen LogP contribution in [0.4, 0.5) is 0 Å². The number of allylic oxidation sites excluding steroid dienone is 3. The van der Waals surface area contributed by atoms with E-state index in [4.69, 9.17) is 0 Å². The van der Waals surface area contributed by atoms with Gasteiger partial charge in [-0.15, -0.1) is 0 Å². The van der Waals surface area contributed by atoms with Crippen LogP contribution < -0.4 is 0 Å². The summed E-state index contributed by atoms with van der Waals surface area (Å²) in [5.74, 6) is 3.88. The lowest BCUT2D eigenvalue weighted by Crippen LogP contribution is -2.20. The van der Waals surface area contributed by atoms with Gasteiger partial charge >= 0.3 is 0 Å². The average Bonchev–Trinajstić information content (AvgIpc) is 2.87. The average molecular weight is 218 g/mol. The van der Waals surface area contributed by atoms with Crippen LogP contribution in [-0.2, 0) is 0 Å². The zero-order chi connectivity index (χ0) is 11.3. The van der Waals surface area contributed by atoms with Crippen LogP contribution in [-0.4, -0.2) is 11.2 Å². The lowest BCUT2D eigenvalue weighted by Gasteiger charge is -2.27. The molecule has 0 heterocycles. The second-order valence-electron chi connectivity index (χ2n) is 6.05. The predicted molar refractivity (Wildman–Crippen MR) is 65.9 cm³/mol. The zero-order valence-electron chi connectivity index (χ0n) is 10.3. The van der Waals surface area contributed by atoms with E-state index in [1.165, 1.54) is 19.3 Å². The molecule has 0 radical (unpaired) electrons. The van der Waals surface area contributed by atoms with Crippen LogP contribution in [0.3, 0.4) is 0 Å². The molecule has 2 unspecified atom stereocenters. The van der Waals surface area contributed by atoms with Crippen molar-refractivity contribution < 1.29 is 5.11 Å². The Kier molecular flexibility index (Phi) is 2.47. The zero-order valence-corrected chi connectivity index (χ0v) is 10.3. The van der Waals surface area contributed by atoms with Crippen molar-refractivity contribution in [3.63, 3.8) is 0 Å². The summed E-state index contributed by atoms with van der Waals surface area (Å²) in [4.78, 5) is 0. The Morgan fingerprint density at radius 2 is 2.25 bits per heavy atom. The summed E-state index contributed by atoms with van der Waals surface area (Å²) < 4.78 is 0. The predicted octanol–water partition coefficient (Wildman–Crippen LogP) is 3.16. The minimum Gasteiger partial charge on any atom is -0.393 e. The fraction of sp³-hybridized carbons (Fsp3) is 0.733. The molecule has 3 aliphatic carbocycles. The van der Waals surface area contributed by atoms with E-state index in [9.17, 15) is 5.11 Å². The first kappa shape index (κ1) is 10.6. The third kappa shape index (κ3) is 1.48. The van der Waals surface area contributed by atoms with E-state index in [1.807, 2.05) is 6.92 Å². The Labute approximate surface area is 98.2 Å². The lowest BCUT2D eigenvalue weighted by atomic mass is 9.78. The molecule has 0 amide bonds. The molecule has 88 valence electrons. The molecular weight excluding hydrogens is 196 g/mol. The third-order valence-corrected chi connectivity index (χ3v) is 5.10. The Hall–Kier alpha value is -0.560. The van der Waals surface area contributed by atoms with Crippen LogP contribution in [0, 0.1) is 29.6 Å². The van der Waals surface area contributed by atoms with E-state index in [2.05, 4.69) is 25.2 Å². The summed E-state index contributed by atoms with van der Waals surface area (Å²) in [6.07, 6.45) is 11.0. The maximum Gasteiger partial charge on any atom is 0.0572 e. The van der Waals surface area contributed by atoms with Gasteiger partial charge in [-0.2, -0.15) is 0 Å². The largest absolute Gasteiger partial charge is 0.393 e. The minimum absolute atomic E-state index is 0.207. The monoisotopic (exact) mass is 218 g/mol. The van der Waals surface area contributed by atoms with Crippen molar-refractivity contribution in [1.29, 1.82) is 0 Å². The summed E-state index contributed by atoms with van der Waals surface area (Å²) in [5, 5.41) is 9.58. The Balaban J connectivity index is 1.79. The number of hydrogen-bond acceptors (Lipinski definition) is 1. The van der Waals surface area contributed by atoms with Gasteiger partial charge in [0.1, 0.15) is 0 Å². The topological polar surface area (TPSA) is 20.2 Å². The molecule has 2 fully saturated rings. The first-order valence-electron chi connectivity index (χ1n) is 6.72. The van der Waals surface area contributed by atoms with Crippen molar-refractivity contribution in [3.05, 3.63) is 23.8 Å². The van der Waals surface area contributed by atoms with Crippen molar-refractivity contribution in [2.45, 2.75) is 39.2 Å². The van der Waals surface area contributed by atoms with Gasteiger partial charge in [0.2, 0.25) is 0 Å². The van der Waals surface area contributed by atoms with Crippen LogP contribution >= 0.6 is 0 Å². The maximum absolute atomic E-state index is 9.58. The van der Waals surface area contributed by atoms with Crippen molar-refractivity contribution >= 4 is 0 Å². The van der Waals surface area contributed by atoms with E-state index in [0.29, 0.717) is 5.92 Å². The molecule has 1 heteroatoms. The molecule has 0 aliphatic heterocycles. The van der Waals surface area contributed by atoms with Crippen LogP contribution in [0.1, 0.15) is 33.1 Å². The molecule has 3 aliphatic rings. The van der Waals surface area contributed by atoms with Gasteiger partial charge < -0.3 is 5.11 Å². The SMILES string of the molecule is C[C@H](/C=C1\CC2CC1[C@@H]1C=CC[C@H]21)[C@@H](C)O. The molecule has 6 atom stereocenters. The van der Waals surface area contributed by atoms with Crippen LogP contribution in [0.25, 0.3) is 0 Å². The van der Waals surface area contributed by atoms with Crippen LogP contribution in [0.5, 0.6) is 0 Å². The molecule has 0 aromatic rings. The molecule has 0 aromatic carbocycles. The summed E-state index contributed by atoms with van der Waals surface area (Å²) >= 11 is 0. The number of aliphatic hydroxyl groups is 1. The van der Waals surface area contributed by atoms with Gasteiger partial charge in [0.25, 0.3) is 0 Å². The molecular formula is C15H22O. The Morgan fingerprint density at radius 1 is 1.44 bits per heavy atom. The molecule has 1 nitrogen and oxygen atoms in total. The molecule has 0 aromatic heterocycles. The highest BCUT2D eigenvalue weighted by Crippen LogP contribution is 2.58. The van der Waals surface area contributed by atoms with E-state index in [0.717, 1.165) is 23.7 Å². The fourth-order valence-corrected chi connectivity index (χ4v) is 4.05. The van der Waals surface area contributed by atoms with Crippen molar-refractivity contribution in [2.75, 3.05) is 0 Å². The standard InChI is InChI=1S/C15H22O/c1-9(10(2)16)6-11-7-12-8-15(11)14-5-3-4-13(12)14/h3,5-6,9-10,12-16H,4,7-8H2,1-2H3/b11-6+/t9-,10-,12?,13-,14-,15?/m1/s1. The number of rotatable bonds is 2. The number of aliphatic hydroxyl groups excluding tert-OH is 1. The van der Waals surface area contributed by atoms with E-state index < -0.39 is 0 Å². The second kappa shape index (κ2) is 3.73. The van der Waals surface area contributed by atoms with Crippen LogP contribution in [0.2, 0.25) is 0 Å². The van der Waals surface area contributed by atoms with E-state index >= 15 is 0 Å². The van der Waals surface area contributed by atoms with Crippen LogP contribution in [0.15, 0.2) is 23.8 Å². The summed E-state index contributed by atoms with van der Waals surface area (Å²) in [5.41, 5.74) is 1.64. The van der Waals surface area contributed by atoms with Gasteiger partial charge in [-0.25, -0.2) is 0 Å². The lowest BCUT2D eigenvalue weighted by molar-refractivity contribution is 0.156. The van der Waals surface area contributed by atoms with E-state index in [1.54, 1.807) is 5.57 Å². The summed E-state index contributed by atoms with van der Waals surface area (Å²) in [7, 11) is 0. The molecule has 1 N–H and O–H groups in total. The molecule has 2 saturated carbocycles. The molecule has 0 saturated heterocycles. The van der Waals surface area contributed by atoms with Gasteiger partial charge in [0.05, 0.1) is 6.10 Å². The molecule has 3 rings (SSSR count). The number of fused-ring (bicyclic) bond motifs is 5. The van der Waals surface area contributed by atoms with Crippen molar-refractivity contribution in [3.8, 4) is 0 Å². The first-order chi connectivity index (χ1) is 7.66. The summed E-state index contributed by atoms with van der Waals surface area (Å²) in [6, 6.07) is 0. The van der Waals surface area contributed by atoms with Gasteiger partial charge in [-0.05, 0) is 55.8 Å².